The highest BCUT2D eigenvalue weighted by atomic mass is 16.5. The Morgan fingerprint density at radius 1 is 0.967 bits per heavy atom. The molecule has 2 atom stereocenters. The molecule has 2 amide bonds. The quantitative estimate of drug-likeness (QED) is 0.781. The first-order valence-corrected chi connectivity index (χ1v) is 10.8. The summed E-state index contributed by atoms with van der Waals surface area (Å²) in [5.41, 5.74) is 3.56. The predicted octanol–water partition coefficient (Wildman–Crippen LogP) is 3.48. The van der Waals surface area contributed by atoms with Crippen LogP contribution in [0.1, 0.15) is 36.5 Å². The summed E-state index contributed by atoms with van der Waals surface area (Å²) in [6, 6.07) is 16.2. The van der Waals surface area contributed by atoms with Gasteiger partial charge in [0.1, 0.15) is 5.75 Å². The third-order valence-electron chi connectivity index (χ3n) is 6.42. The average Bonchev–Trinajstić information content (AvgIpc) is 3.22. The lowest BCUT2D eigenvalue weighted by Gasteiger charge is -2.32. The molecule has 0 N–H and O–H groups in total. The molecule has 1 fully saturated rings. The number of hydrogen-bond donors (Lipinski definition) is 0. The van der Waals surface area contributed by atoms with Crippen molar-refractivity contribution in [3.63, 3.8) is 0 Å². The number of fused-ring (bicyclic) bond motifs is 1. The number of benzene rings is 2. The summed E-state index contributed by atoms with van der Waals surface area (Å²) in [4.78, 5) is 30.3. The second kappa shape index (κ2) is 8.50. The highest BCUT2D eigenvalue weighted by Crippen LogP contribution is 2.39. The molecule has 0 spiro atoms. The van der Waals surface area contributed by atoms with E-state index in [4.69, 9.17) is 4.74 Å². The fraction of sp³-hybridized carbons (Fsp3) is 0.440. The first kappa shape index (κ1) is 20.5. The molecule has 0 bridgehead atoms. The van der Waals surface area contributed by atoms with Crippen molar-refractivity contribution < 1.29 is 14.3 Å². The molecule has 0 saturated carbocycles. The van der Waals surface area contributed by atoms with Crippen molar-refractivity contribution in [1.29, 1.82) is 0 Å². The van der Waals surface area contributed by atoms with Crippen LogP contribution >= 0.6 is 0 Å². The molecular weight excluding hydrogens is 376 g/mol. The van der Waals surface area contributed by atoms with Crippen molar-refractivity contribution in [2.75, 3.05) is 26.7 Å². The molecule has 1 saturated heterocycles. The van der Waals surface area contributed by atoms with Gasteiger partial charge in [-0.2, -0.15) is 0 Å². The Morgan fingerprint density at radius 3 is 2.40 bits per heavy atom. The van der Waals surface area contributed by atoms with Gasteiger partial charge in [0.05, 0.1) is 13.0 Å². The SMILES string of the molecule is COc1ccccc1C1CN(C(=O)C(C)C)CC1C(=O)N1CCc2ccccc2C1. The van der Waals surface area contributed by atoms with E-state index >= 15 is 0 Å². The molecule has 2 aromatic rings. The number of nitrogens with zero attached hydrogens (tertiary/aromatic N) is 2. The molecule has 30 heavy (non-hydrogen) atoms. The van der Waals surface area contributed by atoms with Gasteiger partial charge in [-0.25, -0.2) is 0 Å². The summed E-state index contributed by atoms with van der Waals surface area (Å²) in [6.45, 7) is 6.22. The minimum absolute atomic E-state index is 0.0616. The number of para-hydroxylation sites is 1. The van der Waals surface area contributed by atoms with Gasteiger partial charge in [-0.15, -0.1) is 0 Å². The first-order valence-electron chi connectivity index (χ1n) is 10.8. The maximum absolute atomic E-state index is 13.7. The van der Waals surface area contributed by atoms with Crippen LogP contribution in [0.3, 0.4) is 0 Å². The standard InChI is InChI=1S/C25H30N2O3/c1-17(2)24(28)27-15-21(20-10-6-7-11-23(20)30-3)22(16-27)25(29)26-13-12-18-8-4-5-9-19(18)14-26/h4-11,17,21-22H,12-16H2,1-3H3. The minimum atomic E-state index is -0.255. The molecule has 158 valence electrons. The first-order chi connectivity index (χ1) is 14.5. The molecule has 2 aromatic carbocycles. The van der Waals surface area contributed by atoms with Crippen LogP contribution in [0.2, 0.25) is 0 Å². The predicted molar refractivity (Wildman–Crippen MR) is 116 cm³/mol. The lowest BCUT2D eigenvalue weighted by molar-refractivity contribution is -0.137. The van der Waals surface area contributed by atoms with Crippen molar-refractivity contribution in [3.05, 3.63) is 65.2 Å². The zero-order valence-electron chi connectivity index (χ0n) is 18.0. The van der Waals surface area contributed by atoms with Crippen LogP contribution in [-0.4, -0.2) is 48.4 Å². The van der Waals surface area contributed by atoms with Gasteiger partial charge in [0.2, 0.25) is 11.8 Å². The normalized spacial score (nSPS) is 20.9. The number of rotatable bonds is 4. The van der Waals surface area contributed by atoms with Gasteiger partial charge >= 0.3 is 0 Å². The van der Waals surface area contributed by atoms with E-state index in [-0.39, 0.29) is 29.6 Å². The van der Waals surface area contributed by atoms with Gasteiger partial charge in [-0.05, 0) is 29.2 Å². The van der Waals surface area contributed by atoms with Crippen molar-refractivity contribution in [1.82, 2.24) is 9.80 Å². The van der Waals surface area contributed by atoms with Crippen LogP contribution in [0.5, 0.6) is 5.75 Å². The van der Waals surface area contributed by atoms with Crippen molar-refractivity contribution in [2.45, 2.75) is 32.7 Å². The molecule has 2 aliphatic rings. The maximum Gasteiger partial charge on any atom is 0.228 e. The summed E-state index contributed by atoms with van der Waals surface area (Å²) >= 11 is 0. The van der Waals surface area contributed by atoms with Gasteiger partial charge in [-0.1, -0.05) is 56.3 Å². The molecule has 2 unspecified atom stereocenters. The molecule has 4 rings (SSSR count). The lowest BCUT2D eigenvalue weighted by Crippen LogP contribution is -2.42. The molecule has 0 aliphatic carbocycles. The summed E-state index contributed by atoms with van der Waals surface area (Å²) in [6.07, 6.45) is 0.878. The number of carbonyl (C=O) groups is 2. The summed E-state index contributed by atoms with van der Waals surface area (Å²) < 4.78 is 5.59. The van der Waals surface area contributed by atoms with Gasteiger partial charge in [0.25, 0.3) is 0 Å². The molecule has 0 radical (unpaired) electrons. The molecule has 5 heteroatoms. The van der Waals surface area contributed by atoms with E-state index < -0.39 is 0 Å². The second-order valence-electron chi connectivity index (χ2n) is 8.63. The highest BCUT2D eigenvalue weighted by molar-refractivity contribution is 5.84. The number of ether oxygens (including phenoxy) is 1. The fourth-order valence-corrected chi connectivity index (χ4v) is 4.81. The zero-order valence-corrected chi connectivity index (χ0v) is 18.0. The molecule has 2 aliphatic heterocycles. The average molecular weight is 407 g/mol. The Morgan fingerprint density at radius 2 is 1.67 bits per heavy atom. The van der Waals surface area contributed by atoms with Crippen molar-refractivity contribution >= 4 is 11.8 Å². The molecule has 0 aromatic heterocycles. The molecule has 5 nitrogen and oxygen atoms in total. The maximum atomic E-state index is 13.7. The van der Waals surface area contributed by atoms with Crippen LogP contribution in [0, 0.1) is 11.8 Å². The van der Waals surface area contributed by atoms with E-state index in [1.807, 2.05) is 54.0 Å². The topological polar surface area (TPSA) is 49.9 Å². The Hall–Kier alpha value is -2.82. The van der Waals surface area contributed by atoms with E-state index in [1.165, 1.54) is 11.1 Å². The number of amides is 2. The summed E-state index contributed by atoms with van der Waals surface area (Å²) in [5.74, 6) is 0.624. The zero-order chi connectivity index (χ0) is 21.3. The lowest BCUT2D eigenvalue weighted by atomic mass is 9.86. The van der Waals surface area contributed by atoms with Crippen molar-refractivity contribution in [2.24, 2.45) is 11.8 Å². The summed E-state index contributed by atoms with van der Waals surface area (Å²) in [5, 5.41) is 0. The smallest absolute Gasteiger partial charge is 0.228 e. The van der Waals surface area contributed by atoms with Crippen LogP contribution in [0.4, 0.5) is 0 Å². The van der Waals surface area contributed by atoms with Gasteiger partial charge in [0, 0.05) is 38.0 Å². The Kier molecular flexibility index (Phi) is 5.80. The molecule has 2 heterocycles. The van der Waals surface area contributed by atoms with E-state index in [9.17, 15) is 9.59 Å². The number of hydrogen-bond acceptors (Lipinski definition) is 3. The Bertz CT molecular complexity index is 939. The Balaban J connectivity index is 1.63. The van der Waals surface area contributed by atoms with Crippen molar-refractivity contribution in [3.8, 4) is 5.75 Å². The van der Waals surface area contributed by atoms with E-state index in [0.29, 0.717) is 19.6 Å². The molecular formula is C25H30N2O3. The number of likely N-dealkylation sites (tertiary alicyclic amines) is 1. The van der Waals surface area contributed by atoms with E-state index in [0.717, 1.165) is 24.3 Å². The fourth-order valence-electron chi connectivity index (χ4n) is 4.81. The number of methoxy groups -OCH3 is 1. The van der Waals surface area contributed by atoms with Crippen LogP contribution in [0.15, 0.2) is 48.5 Å². The highest BCUT2D eigenvalue weighted by Gasteiger charge is 2.43. The van der Waals surface area contributed by atoms with Crippen LogP contribution in [0.25, 0.3) is 0 Å². The van der Waals surface area contributed by atoms with Gasteiger partial charge < -0.3 is 14.5 Å². The monoisotopic (exact) mass is 406 g/mol. The Labute approximate surface area is 178 Å². The van der Waals surface area contributed by atoms with Gasteiger partial charge in [0.15, 0.2) is 0 Å². The third-order valence-corrected chi connectivity index (χ3v) is 6.42. The van der Waals surface area contributed by atoms with E-state index in [2.05, 4.69) is 18.2 Å². The third kappa shape index (κ3) is 3.81. The largest absolute Gasteiger partial charge is 0.496 e. The second-order valence-corrected chi connectivity index (χ2v) is 8.63. The minimum Gasteiger partial charge on any atom is -0.496 e. The van der Waals surface area contributed by atoms with Crippen LogP contribution in [-0.2, 0) is 22.6 Å². The summed E-state index contributed by atoms with van der Waals surface area (Å²) in [7, 11) is 1.66. The van der Waals surface area contributed by atoms with Gasteiger partial charge in [-0.3, -0.25) is 9.59 Å². The number of carbonyl (C=O) groups excluding carboxylic acids is 2. The van der Waals surface area contributed by atoms with E-state index in [1.54, 1.807) is 7.11 Å². The van der Waals surface area contributed by atoms with Crippen LogP contribution < -0.4 is 4.74 Å².